The Morgan fingerprint density at radius 2 is 1.90 bits per heavy atom. The molecule has 0 radical (unpaired) electrons. The highest BCUT2D eigenvalue weighted by Gasteiger charge is 2.21. The van der Waals surface area contributed by atoms with Gasteiger partial charge in [-0.2, -0.15) is 0 Å². The highest BCUT2D eigenvalue weighted by atomic mass is 79.9. The topological polar surface area (TPSA) is 20.3 Å². The first-order valence-corrected chi connectivity index (χ1v) is 8.14. The zero-order valence-electron chi connectivity index (χ0n) is 11.9. The summed E-state index contributed by atoms with van der Waals surface area (Å²) in [7, 11) is 0. The Morgan fingerprint density at radius 3 is 2.76 bits per heavy atom. The minimum Gasteiger partial charge on any atom is -0.312 e. The Morgan fingerprint density at radius 1 is 1.10 bits per heavy atom. The second kappa shape index (κ2) is 6.02. The van der Waals surface area contributed by atoms with Crippen molar-refractivity contribution in [3.8, 4) is 0 Å². The van der Waals surface area contributed by atoms with Gasteiger partial charge in [0, 0.05) is 28.7 Å². The fraction of sp³-hybridized carbons (Fsp3) is 0.278. The molecule has 3 heteroatoms. The van der Waals surface area contributed by atoms with Gasteiger partial charge >= 0.3 is 0 Å². The smallest absolute Gasteiger partial charge is 0.226 e. The third-order valence-electron chi connectivity index (χ3n) is 4.07. The summed E-state index contributed by atoms with van der Waals surface area (Å²) in [5, 5.41) is 2.33. The Hall–Kier alpha value is -1.61. The lowest BCUT2D eigenvalue weighted by Gasteiger charge is -2.24. The Balaban J connectivity index is 2.01. The van der Waals surface area contributed by atoms with Gasteiger partial charge in [-0.3, -0.25) is 4.79 Å². The normalized spacial score (nSPS) is 16.0. The summed E-state index contributed by atoms with van der Waals surface area (Å²) in [4.78, 5) is 14.1. The van der Waals surface area contributed by atoms with Crippen molar-refractivity contribution in [1.82, 2.24) is 4.90 Å². The van der Waals surface area contributed by atoms with Crippen LogP contribution in [0.15, 0.2) is 47.4 Å². The van der Waals surface area contributed by atoms with E-state index in [0.717, 1.165) is 46.9 Å². The number of benzene rings is 2. The summed E-state index contributed by atoms with van der Waals surface area (Å²) < 4.78 is 1.02. The summed E-state index contributed by atoms with van der Waals surface area (Å²) in [6.45, 7) is 4.96. The standard InChI is InChI=1S/C18H18BrNO/c1-13(20-12-6-2-3-9-17(20)21)15-11-10-14-7-4-5-8-16(14)18(15)19/h4-5,7-8,10-11H,1-3,6,9,12H2. The fourth-order valence-electron chi connectivity index (χ4n) is 2.87. The second-order valence-corrected chi connectivity index (χ2v) is 6.24. The van der Waals surface area contributed by atoms with E-state index in [9.17, 15) is 4.79 Å². The Labute approximate surface area is 133 Å². The van der Waals surface area contributed by atoms with Crippen LogP contribution in [-0.2, 0) is 4.79 Å². The number of amides is 1. The van der Waals surface area contributed by atoms with Crippen LogP contribution in [0.25, 0.3) is 16.5 Å². The van der Waals surface area contributed by atoms with E-state index in [2.05, 4.69) is 40.7 Å². The summed E-state index contributed by atoms with van der Waals surface area (Å²) >= 11 is 3.69. The van der Waals surface area contributed by atoms with Gasteiger partial charge in [-0.25, -0.2) is 0 Å². The van der Waals surface area contributed by atoms with E-state index < -0.39 is 0 Å². The van der Waals surface area contributed by atoms with Crippen molar-refractivity contribution in [2.45, 2.75) is 25.7 Å². The van der Waals surface area contributed by atoms with Gasteiger partial charge in [0.05, 0.1) is 0 Å². The molecule has 0 aromatic heterocycles. The second-order valence-electron chi connectivity index (χ2n) is 5.45. The summed E-state index contributed by atoms with van der Waals surface area (Å²) in [5.41, 5.74) is 1.81. The van der Waals surface area contributed by atoms with Crippen molar-refractivity contribution in [1.29, 1.82) is 0 Å². The molecule has 1 heterocycles. The van der Waals surface area contributed by atoms with Gasteiger partial charge < -0.3 is 4.90 Å². The molecule has 2 aromatic rings. The van der Waals surface area contributed by atoms with Crippen LogP contribution in [0.2, 0.25) is 0 Å². The van der Waals surface area contributed by atoms with Gasteiger partial charge in [0.1, 0.15) is 0 Å². The highest BCUT2D eigenvalue weighted by Crippen LogP contribution is 2.33. The summed E-state index contributed by atoms with van der Waals surface area (Å²) in [5.74, 6) is 0.192. The number of carbonyl (C=O) groups is 1. The molecule has 1 amide bonds. The van der Waals surface area contributed by atoms with E-state index >= 15 is 0 Å². The first-order chi connectivity index (χ1) is 10.2. The molecule has 1 aliphatic heterocycles. The molecule has 0 bridgehead atoms. The van der Waals surface area contributed by atoms with E-state index in [1.807, 2.05) is 23.1 Å². The molecule has 0 saturated carbocycles. The predicted molar refractivity (Wildman–Crippen MR) is 90.9 cm³/mol. The van der Waals surface area contributed by atoms with Crippen molar-refractivity contribution in [2.24, 2.45) is 0 Å². The molecule has 0 atom stereocenters. The van der Waals surface area contributed by atoms with Crippen LogP contribution in [0, 0.1) is 0 Å². The molecule has 3 rings (SSSR count). The van der Waals surface area contributed by atoms with Crippen LogP contribution in [0.5, 0.6) is 0 Å². The van der Waals surface area contributed by atoms with E-state index in [4.69, 9.17) is 0 Å². The average molecular weight is 344 g/mol. The van der Waals surface area contributed by atoms with Gasteiger partial charge in [0.2, 0.25) is 5.91 Å². The molecular weight excluding hydrogens is 326 g/mol. The minimum atomic E-state index is 0.192. The number of carbonyl (C=O) groups excluding carboxylic acids is 1. The zero-order valence-corrected chi connectivity index (χ0v) is 13.5. The Kier molecular flexibility index (Phi) is 4.11. The van der Waals surface area contributed by atoms with E-state index in [1.54, 1.807) is 0 Å². The lowest BCUT2D eigenvalue weighted by molar-refractivity contribution is -0.127. The van der Waals surface area contributed by atoms with Crippen LogP contribution in [0.3, 0.4) is 0 Å². The maximum Gasteiger partial charge on any atom is 0.226 e. The third kappa shape index (κ3) is 2.75. The van der Waals surface area contributed by atoms with E-state index in [1.165, 1.54) is 5.39 Å². The van der Waals surface area contributed by atoms with Crippen LogP contribution in [0.1, 0.15) is 31.2 Å². The van der Waals surface area contributed by atoms with Crippen LogP contribution in [-0.4, -0.2) is 17.4 Å². The predicted octanol–water partition coefficient (Wildman–Crippen LogP) is 4.98. The molecule has 21 heavy (non-hydrogen) atoms. The zero-order chi connectivity index (χ0) is 14.8. The molecule has 0 unspecified atom stereocenters. The number of fused-ring (bicyclic) bond motifs is 1. The van der Waals surface area contributed by atoms with Crippen molar-refractivity contribution in [3.05, 3.63) is 53.0 Å². The van der Waals surface area contributed by atoms with Gasteiger partial charge in [-0.1, -0.05) is 49.4 Å². The SMILES string of the molecule is C=C(c1ccc2ccccc2c1Br)N1CCCCCC1=O. The number of hydrogen-bond acceptors (Lipinski definition) is 1. The van der Waals surface area contributed by atoms with Crippen molar-refractivity contribution >= 4 is 38.3 Å². The third-order valence-corrected chi connectivity index (χ3v) is 4.93. The highest BCUT2D eigenvalue weighted by molar-refractivity contribution is 9.10. The molecular formula is C18H18BrNO. The van der Waals surface area contributed by atoms with E-state index in [-0.39, 0.29) is 5.91 Å². The van der Waals surface area contributed by atoms with Gasteiger partial charge in [-0.05, 0) is 39.5 Å². The molecule has 1 aliphatic rings. The van der Waals surface area contributed by atoms with Crippen molar-refractivity contribution in [2.75, 3.05) is 6.54 Å². The molecule has 1 saturated heterocycles. The maximum atomic E-state index is 12.3. The fourth-order valence-corrected chi connectivity index (χ4v) is 3.59. The van der Waals surface area contributed by atoms with Crippen molar-refractivity contribution < 1.29 is 4.79 Å². The molecule has 108 valence electrons. The molecule has 1 fully saturated rings. The van der Waals surface area contributed by atoms with E-state index in [0.29, 0.717) is 6.42 Å². The maximum absolute atomic E-state index is 12.3. The lowest BCUT2D eigenvalue weighted by Crippen LogP contribution is -2.28. The van der Waals surface area contributed by atoms with Gasteiger partial charge in [0.25, 0.3) is 0 Å². The van der Waals surface area contributed by atoms with Gasteiger partial charge in [-0.15, -0.1) is 0 Å². The summed E-state index contributed by atoms with van der Waals surface area (Å²) in [6.07, 6.45) is 3.79. The number of likely N-dealkylation sites (tertiary alicyclic amines) is 1. The largest absolute Gasteiger partial charge is 0.312 e. The van der Waals surface area contributed by atoms with Crippen LogP contribution >= 0.6 is 15.9 Å². The molecule has 0 N–H and O–H groups in total. The lowest BCUT2D eigenvalue weighted by atomic mass is 10.0. The monoisotopic (exact) mass is 343 g/mol. The van der Waals surface area contributed by atoms with Gasteiger partial charge in [0.15, 0.2) is 0 Å². The molecule has 2 aromatic carbocycles. The van der Waals surface area contributed by atoms with Crippen molar-refractivity contribution in [3.63, 3.8) is 0 Å². The summed E-state index contributed by atoms with van der Waals surface area (Å²) in [6, 6.07) is 12.4. The molecule has 0 spiro atoms. The molecule has 0 aliphatic carbocycles. The minimum absolute atomic E-state index is 0.192. The van der Waals surface area contributed by atoms with Crippen LogP contribution < -0.4 is 0 Å². The molecule has 2 nitrogen and oxygen atoms in total. The number of nitrogens with zero attached hydrogens (tertiary/aromatic N) is 1. The first kappa shape index (κ1) is 14.3. The first-order valence-electron chi connectivity index (χ1n) is 7.35. The average Bonchev–Trinajstić information content (AvgIpc) is 2.72. The Bertz CT molecular complexity index is 707. The quantitative estimate of drug-likeness (QED) is 0.753. The number of rotatable bonds is 2. The van der Waals surface area contributed by atoms with Crippen LogP contribution in [0.4, 0.5) is 0 Å². The number of halogens is 1. The number of hydrogen-bond donors (Lipinski definition) is 0.